The maximum atomic E-state index is 5.39. The zero-order chi connectivity index (χ0) is 6.97. The Morgan fingerprint density at radius 2 is 2.40 bits per heavy atom. The van der Waals surface area contributed by atoms with Gasteiger partial charge in [-0.1, -0.05) is 6.92 Å². The monoisotopic (exact) mass is 141 g/mol. The summed E-state index contributed by atoms with van der Waals surface area (Å²) in [5, 5.41) is 0. The highest BCUT2D eigenvalue weighted by molar-refractivity contribution is 4.84. The summed E-state index contributed by atoms with van der Waals surface area (Å²) in [5.41, 5.74) is 0. The normalized spacial score (nSPS) is 41.7. The van der Waals surface area contributed by atoms with Gasteiger partial charge >= 0.3 is 0 Å². The maximum absolute atomic E-state index is 5.39. The maximum Gasteiger partial charge on any atom is 0.0622 e. The predicted octanol–water partition coefficient (Wildman–Crippen LogP) is 0.727. The first-order chi connectivity index (χ1) is 4.86. The van der Waals surface area contributed by atoms with Gasteiger partial charge in [0.15, 0.2) is 0 Å². The lowest BCUT2D eigenvalue weighted by Gasteiger charge is -2.28. The van der Waals surface area contributed by atoms with E-state index in [0.29, 0.717) is 0 Å². The van der Waals surface area contributed by atoms with Crippen LogP contribution >= 0.6 is 0 Å². The van der Waals surface area contributed by atoms with Crippen molar-refractivity contribution in [3.63, 3.8) is 0 Å². The molecule has 2 fully saturated rings. The lowest BCUT2D eigenvalue weighted by Crippen LogP contribution is -2.40. The summed E-state index contributed by atoms with van der Waals surface area (Å²) in [6, 6.07) is 0.753. The van der Waals surface area contributed by atoms with Crippen LogP contribution in [0.15, 0.2) is 0 Å². The van der Waals surface area contributed by atoms with Crippen molar-refractivity contribution in [2.45, 2.75) is 19.4 Å². The molecule has 58 valence electrons. The molecule has 0 aromatic rings. The third kappa shape index (κ3) is 1.06. The molecule has 2 aliphatic heterocycles. The molecular weight excluding hydrogens is 126 g/mol. The predicted molar refractivity (Wildman–Crippen MR) is 40.0 cm³/mol. The Morgan fingerprint density at radius 3 is 3.20 bits per heavy atom. The van der Waals surface area contributed by atoms with Gasteiger partial charge in [-0.3, -0.25) is 4.90 Å². The van der Waals surface area contributed by atoms with Crippen LogP contribution in [0.3, 0.4) is 0 Å². The number of hydrogen-bond donors (Lipinski definition) is 0. The molecule has 2 heteroatoms. The van der Waals surface area contributed by atoms with Gasteiger partial charge in [-0.15, -0.1) is 0 Å². The van der Waals surface area contributed by atoms with Crippen molar-refractivity contribution in [1.82, 2.24) is 4.90 Å². The number of fused-ring (bicyclic) bond motifs is 1. The van der Waals surface area contributed by atoms with Gasteiger partial charge in [-0.05, 0) is 12.3 Å². The zero-order valence-electron chi connectivity index (χ0n) is 6.55. The summed E-state index contributed by atoms with van der Waals surface area (Å²) >= 11 is 0. The number of hydrogen-bond acceptors (Lipinski definition) is 2. The molecule has 0 radical (unpaired) electrons. The van der Waals surface area contributed by atoms with Crippen LogP contribution in [0.1, 0.15) is 13.3 Å². The Balaban J connectivity index is 1.97. The quantitative estimate of drug-likeness (QED) is 0.493. The molecule has 2 aliphatic rings. The molecule has 0 amide bonds. The molecule has 2 saturated heterocycles. The average Bonchev–Trinajstić information content (AvgIpc) is 2.27. The Morgan fingerprint density at radius 1 is 1.50 bits per heavy atom. The smallest absolute Gasteiger partial charge is 0.0622 e. The van der Waals surface area contributed by atoms with Gasteiger partial charge in [0.25, 0.3) is 0 Å². The second-order valence-electron chi connectivity index (χ2n) is 3.56. The van der Waals surface area contributed by atoms with Gasteiger partial charge in [0.2, 0.25) is 0 Å². The SMILES string of the molecule is C[C@@H]1CC2COCCN2C1. The van der Waals surface area contributed by atoms with Gasteiger partial charge < -0.3 is 4.74 Å². The van der Waals surface area contributed by atoms with Gasteiger partial charge in [-0.2, -0.15) is 0 Å². The lowest BCUT2D eigenvalue weighted by atomic mass is 10.1. The summed E-state index contributed by atoms with van der Waals surface area (Å²) in [6.45, 7) is 6.72. The van der Waals surface area contributed by atoms with Crippen molar-refractivity contribution in [2.24, 2.45) is 5.92 Å². The summed E-state index contributed by atoms with van der Waals surface area (Å²) in [5.74, 6) is 0.895. The fourth-order valence-corrected chi connectivity index (χ4v) is 2.09. The van der Waals surface area contributed by atoms with E-state index in [1.807, 2.05) is 0 Å². The number of nitrogens with zero attached hydrogens (tertiary/aromatic N) is 1. The molecule has 10 heavy (non-hydrogen) atoms. The molecule has 0 aromatic carbocycles. The first-order valence-electron chi connectivity index (χ1n) is 4.18. The van der Waals surface area contributed by atoms with Gasteiger partial charge in [0.1, 0.15) is 0 Å². The highest BCUT2D eigenvalue weighted by Gasteiger charge is 2.31. The van der Waals surface area contributed by atoms with E-state index >= 15 is 0 Å². The van der Waals surface area contributed by atoms with E-state index in [9.17, 15) is 0 Å². The molecule has 0 spiro atoms. The summed E-state index contributed by atoms with van der Waals surface area (Å²) in [6.07, 6.45) is 1.35. The van der Waals surface area contributed by atoms with Crippen molar-refractivity contribution < 1.29 is 4.74 Å². The summed E-state index contributed by atoms with van der Waals surface area (Å²) < 4.78 is 5.39. The molecule has 2 rings (SSSR count). The van der Waals surface area contributed by atoms with Crippen molar-refractivity contribution in [3.8, 4) is 0 Å². The molecule has 0 bridgehead atoms. The highest BCUT2D eigenvalue weighted by Crippen LogP contribution is 2.24. The number of morpholine rings is 1. The van der Waals surface area contributed by atoms with Crippen molar-refractivity contribution in [1.29, 1.82) is 0 Å². The van der Waals surface area contributed by atoms with Crippen molar-refractivity contribution in [2.75, 3.05) is 26.3 Å². The topological polar surface area (TPSA) is 12.5 Å². The fourth-order valence-electron chi connectivity index (χ4n) is 2.09. The zero-order valence-corrected chi connectivity index (χ0v) is 6.55. The Kier molecular flexibility index (Phi) is 1.66. The molecule has 0 aromatic heterocycles. The third-order valence-electron chi connectivity index (χ3n) is 2.57. The van der Waals surface area contributed by atoms with E-state index in [4.69, 9.17) is 4.74 Å². The molecule has 1 unspecified atom stereocenters. The highest BCUT2D eigenvalue weighted by atomic mass is 16.5. The molecule has 0 aliphatic carbocycles. The van der Waals surface area contributed by atoms with Gasteiger partial charge in [0, 0.05) is 19.1 Å². The molecule has 0 saturated carbocycles. The van der Waals surface area contributed by atoms with E-state index in [0.717, 1.165) is 31.7 Å². The van der Waals surface area contributed by atoms with E-state index in [1.165, 1.54) is 13.0 Å². The van der Waals surface area contributed by atoms with E-state index in [2.05, 4.69) is 11.8 Å². The fraction of sp³-hybridized carbons (Fsp3) is 1.00. The molecule has 2 heterocycles. The van der Waals surface area contributed by atoms with Gasteiger partial charge in [-0.25, -0.2) is 0 Å². The lowest BCUT2D eigenvalue weighted by molar-refractivity contribution is 0.0128. The van der Waals surface area contributed by atoms with Crippen molar-refractivity contribution in [3.05, 3.63) is 0 Å². The van der Waals surface area contributed by atoms with Crippen LogP contribution in [0, 0.1) is 5.92 Å². The first kappa shape index (κ1) is 6.62. The molecular formula is C8H15NO. The minimum atomic E-state index is 0.753. The largest absolute Gasteiger partial charge is 0.378 e. The van der Waals surface area contributed by atoms with E-state index in [1.54, 1.807) is 0 Å². The molecule has 2 nitrogen and oxygen atoms in total. The average molecular weight is 141 g/mol. The Bertz CT molecular complexity index is 112. The van der Waals surface area contributed by atoms with Crippen LogP contribution in [0.4, 0.5) is 0 Å². The van der Waals surface area contributed by atoms with Crippen LogP contribution in [0.25, 0.3) is 0 Å². The van der Waals surface area contributed by atoms with Crippen molar-refractivity contribution >= 4 is 0 Å². The van der Waals surface area contributed by atoms with E-state index < -0.39 is 0 Å². The first-order valence-corrected chi connectivity index (χ1v) is 4.18. The Labute approximate surface area is 62.2 Å². The summed E-state index contributed by atoms with van der Waals surface area (Å²) in [7, 11) is 0. The van der Waals surface area contributed by atoms with E-state index in [-0.39, 0.29) is 0 Å². The molecule has 0 N–H and O–H groups in total. The van der Waals surface area contributed by atoms with Gasteiger partial charge in [0.05, 0.1) is 13.2 Å². The Hall–Kier alpha value is -0.0800. The minimum absolute atomic E-state index is 0.753. The van der Waals surface area contributed by atoms with Crippen LogP contribution < -0.4 is 0 Å². The number of ether oxygens (including phenoxy) is 1. The van der Waals surface area contributed by atoms with Crippen LogP contribution in [-0.4, -0.2) is 37.2 Å². The summed E-state index contributed by atoms with van der Waals surface area (Å²) in [4.78, 5) is 2.56. The standard InChI is InChI=1S/C8H15NO/c1-7-4-8-6-10-3-2-9(8)5-7/h7-8H,2-6H2,1H3/t7-,8?/m1/s1. The number of rotatable bonds is 0. The third-order valence-corrected chi connectivity index (χ3v) is 2.57. The molecule has 2 atom stereocenters. The van der Waals surface area contributed by atoms with Crippen LogP contribution in [-0.2, 0) is 4.74 Å². The van der Waals surface area contributed by atoms with Crippen LogP contribution in [0.5, 0.6) is 0 Å². The van der Waals surface area contributed by atoms with Crippen LogP contribution in [0.2, 0.25) is 0 Å². The second kappa shape index (κ2) is 2.51. The minimum Gasteiger partial charge on any atom is -0.378 e. The second-order valence-corrected chi connectivity index (χ2v) is 3.56.